The summed E-state index contributed by atoms with van der Waals surface area (Å²) in [6, 6.07) is 0. The highest BCUT2D eigenvalue weighted by molar-refractivity contribution is 4.72. The Kier molecular flexibility index (Phi) is 3.30. The van der Waals surface area contributed by atoms with Crippen LogP contribution in [0.15, 0.2) is 0 Å². The van der Waals surface area contributed by atoms with Crippen LogP contribution in [0.25, 0.3) is 0 Å². The lowest BCUT2D eigenvalue weighted by Gasteiger charge is -2.28. The van der Waals surface area contributed by atoms with Crippen molar-refractivity contribution in [3.8, 4) is 0 Å². The second-order valence-electron chi connectivity index (χ2n) is 3.38. The van der Waals surface area contributed by atoms with Gasteiger partial charge in [0.1, 0.15) is 0 Å². The van der Waals surface area contributed by atoms with E-state index < -0.39 is 6.29 Å². The summed E-state index contributed by atoms with van der Waals surface area (Å²) in [5, 5.41) is 26.4. The number of hydrogen-bond donors (Lipinski definition) is 3. The van der Waals surface area contributed by atoms with Crippen LogP contribution >= 0.6 is 0 Å². The van der Waals surface area contributed by atoms with Gasteiger partial charge in [-0.2, -0.15) is 0 Å². The van der Waals surface area contributed by atoms with E-state index in [1.54, 1.807) is 0 Å². The van der Waals surface area contributed by atoms with E-state index in [4.69, 9.17) is 15.3 Å². The van der Waals surface area contributed by atoms with Gasteiger partial charge in [0.15, 0.2) is 6.29 Å². The van der Waals surface area contributed by atoms with Crippen LogP contribution in [0.3, 0.4) is 0 Å². The Hall–Kier alpha value is -0.120. The molecule has 1 aliphatic carbocycles. The van der Waals surface area contributed by atoms with Crippen LogP contribution in [0.2, 0.25) is 0 Å². The Morgan fingerprint density at radius 3 is 2.00 bits per heavy atom. The molecule has 0 bridgehead atoms. The highest BCUT2D eigenvalue weighted by Gasteiger charge is 2.24. The van der Waals surface area contributed by atoms with Gasteiger partial charge in [-0.15, -0.1) is 0 Å². The molecule has 0 unspecified atom stereocenters. The summed E-state index contributed by atoms with van der Waals surface area (Å²) in [4.78, 5) is 0. The molecule has 66 valence electrons. The molecule has 0 aromatic rings. The van der Waals surface area contributed by atoms with E-state index in [2.05, 4.69) is 0 Å². The van der Waals surface area contributed by atoms with Crippen molar-refractivity contribution in [3.05, 3.63) is 0 Å². The van der Waals surface area contributed by atoms with Crippen molar-refractivity contribution in [1.82, 2.24) is 0 Å². The predicted molar refractivity (Wildman–Crippen MR) is 40.8 cm³/mol. The van der Waals surface area contributed by atoms with Gasteiger partial charge in [-0.25, -0.2) is 0 Å². The number of hydrogen-bond acceptors (Lipinski definition) is 3. The zero-order chi connectivity index (χ0) is 8.27. The van der Waals surface area contributed by atoms with Gasteiger partial charge in [0.25, 0.3) is 0 Å². The quantitative estimate of drug-likeness (QED) is 0.502. The highest BCUT2D eigenvalue weighted by atomic mass is 16.5. The third-order valence-corrected chi connectivity index (χ3v) is 2.57. The molecule has 0 aliphatic heterocycles. The molecule has 1 saturated carbocycles. The lowest BCUT2D eigenvalue weighted by Crippen LogP contribution is -2.26. The molecule has 3 N–H and O–H groups in total. The first-order chi connectivity index (χ1) is 5.24. The standard InChI is InChI=1S/C8H16O3/c9-5-6-1-3-7(4-2-6)8(10)11/h6-11H,1-5H2. The minimum atomic E-state index is -1.16. The summed E-state index contributed by atoms with van der Waals surface area (Å²) in [6.45, 7) is 0.244. The molecule has 0 amide bonds. The SMILES string of the molecule is OCC1CCC(C(O)O)CC1. The second-order valence-corrected chi connectivity index (χ2v) is 3.38. The van der Waals surface area contributed by atoms with E-state index in [1.165, 1.54) is 0 Å². The molecule has 3 heteroatoms. The highest BCUT2D eigenvalue weighted by Crippen LogP contribution is 2.29. The average Bonchev–Trinajstić information content (AvgIpc) is 2.05. The minimum Gasteiger partial charge on any atom is -0.396 e. The summed E-state index contributed by atoms with van der Waals surface area (Å²) in [5.41, 5.74) is 0. The summed E-state index contributed by atoms with van der Waals surface area (Å²) in [5.74, 6) is 0.433. The van der Waals surface area contributed by atoms with Crippen molar-refractivity contribution < 1.29 is 15.3 Å². The van der Waals surface area contributed by atoms with Crippen LogP contribution in [-0.4, -0.2) is 28.2 Å². The van der Waals surface area contributed by atoms with E-state index in [-0.39, 0.29) is 12.5 Å². The van der Waals surface area contributed by atoms with Crippen LogP contribution < -0.4 is 0 Å². The molecule has 0 aromatic heterocycles. The van der Waals surface area contributed by atoms with Crippen LogP contribution in [0.1, 0.15) is 25.7 Å². The third-order valence-electron chi connectivity index (χ3n) is 2.57. The second kappa shape index (κ2) is 4.04. The average molecular weight is 160 g/mol. The van der Waals surface area contributed by atoms with E-state index in [9.17, 15) is 0 Å². The molecule has 0 radical (unpaired) electrons. The third kappa shape index (κ3) is 2.43. The molecular formula is C8H16O3. The van der Waals surface area contributed by atoms with Gasteiger partial charge in [0.05, 0.1) is 0 Å². The summed E-state index contributed by atoms with van der Waals surface area (Å²) < 4.78 is 0. The molecule has 0 atom stereocenters. The summed E-state index contributed by atoms with van der Waals surface area (Å²) in [7, 11) is 0. The van der Waals surface area contributed by atoms with Crippen molar-refractivity contribution in [3.63, 3.8) is 0 Å². The van der Waals surface area contributed by atoms with E-state index in [1.807, 2.05) is 0 Å². The molecule has 0 saturated heterocycles. The monoisotopic (exact) mass is 160 g/mol. The number of aliphatic hydroxyl groups is 3. The van der Waals surface area contributed by atoms with Crippen molar-refractivity contribution >= 4 is 0 Å². The summed E-state index contributed by atoms with van der Waals surface area (Å²) in [6.07, 6.45) is 2.37. The van der Waals surface area contributed by atoms with E-state index >= 15 is 0 Å². The lowest BCUT2D eigenvalue weighted by molar-refractivity contribution is -0.0970. The molecule has 1 aliphatic rings. The van der Waals surface area contributed by atoms with Crippen molar-refractivity contribution in [1.29, 1.82) is 0 Å². The van der Waals surface area contributed by atoms with Crippen molar-refractivity contribution in [2.45, 2.75) is 32.0 Å². The molecule has 0 heterocycles. The largest absolute Gasteiger partial charge is 0.396 e. The Balaban J connectivity index is 2.24. The normalized spacial score (nSPS) is 32.7. The minimum absolute atomic E-state index is 0.0396. The molecule has 0 spiro atoms. The number of rotatable bonds is 2. The molecular weight excluding hydrogens is 144 g/mol. The molecule has 1 fully saturated rings. The first-order valence-corrected chi connectivity index (χ1v) is 4.21. The van der Waals surface area contributed by atoms with Gasteiger partial charge in [-0.1, -0.05) is 0 Å². The Morgan fingerprint density at radius 2 is 1.64 bits per heavy atom. The summed E-state index contributed by atoms with van der Waals surface area (Å²) >= 11 is 0. The predicted octanol–water partition coefficient (Wildman–Crippen LogP) is 0.0958. The Morgan fingerprint density at radius 1 is 1.09 bits per heavy atom. The van der Waals surface area contributed by atoms with Gasteiger partial charge in [0.2, 0.25) is 0 Å². The van der Waals surface area contributed by atoms with Crippen LogP contribution in [0.4, 0.5) is 0 Å². The van der Waals surface area contributed by atoms with Gasteiger partial charge in [-0.3, -0.25) is 0 Å². The zero-order valence-corrected chi connectivity index (χ0v) is 6.61. The maximum atomic E-state index is 8.83. The van der Waals surface area contributed by atoms with Gasteiger partial charge in [-0.05, 0) is 31.6 Å². The van der Waals surface area contributed by atoms with Crippen LogP contribution in [0, 0.1) is 11.8 Å². The van der Waals surface area contributed by atoms with Gasteiger partial charge < -0.3 is 15.3 Å². The first kappa shape index (κ1) is 8.97. The zero-order valence-electron chi connectivity index (χ0n) is 6.61. The fourth-order valence-corrected chi connectivity index (χ4v) is 1.67. The van der Waals surface area contributed by atoms with Gasteiger partial charge in [0, 0.05) is 12.5 Å². The fraction of sp³-hybridized carbons (Fsp3) is 1.00. The molecule has 11 heavy (non-hydrogen) atoms. The maximum Gasteiger partial charge on any atom is 0.154 e. The first-order valence-electron chi connectivity index (χ1n) is 4.21. The fourth-order valence-electron chi connectivity index (χ4n) is 1.67. The van der Waals surface area contributed by atoms with E-state index in [0.29, 0.717) is 5.92 Å². The Bertz CT molecular complexity index is 106. The molecule has 1 rings (SSSR count). The van der Waals surface area contributed by atoms with E-state index in [0.717, 1.165) is 25.7 Å². The maximum absolute atomic E-state index is 8.83. The van der Waals surface area contributed by atoms with Crippen molar-refractivity contribution in [2.75, 3.05) is 6.61 Å². The van der Waals surface area contributed by atoms with Crippen LogP contribution in [0.5, 0.6) is 0 Å². The molecule has 3 nitrogen and oxygen atoms in total. The van der Waals surface area contributed by atoms with Gasteiger partial charge >= 0.3 is 0 Å². The smallest absolute Gasteiger partial charge is 0.154 e. The van der Waals surface area contributed by atoms with Crippen molar-refractivity contribution in [2.24, 2.45) is 11.8 Å². The Labute approximate surface area is 66.7 Å². The molecule has 0 aromatic carbocycles. The van der Waals surface area contributed by atoms with Crippen LogP contribution in [-0.2, 0) is 0 Å². The lowest BCUT2D eigenvalue weighted by atomic mass is 9.82. The number of aliphatic hydroxyl groups excluding tert-OH is 2. The topological polar surface area (TPSA) is 60.7 Å².